The van der Waals surface area contributed by atoms with Gasteiger partial charge in [0.2, 0.25) is 5.91 Å². The van der Waals surface area contributed by atoms with Crippen molar-refractivity contribution in [2.45, 2.75) is 25.4 Å². The average molecular weight is 272 g/mol. The Balaban J connectivity index is 1.66. The second-order valence-corrected chi connectivity index (χ2v) is 5.02. The van der Waals surface area contributed by atoms with E-state index in [0.29, 0.717) is 17.4 Å². The SMILES string of the molecule is Nc1ccc(NC(=O)Cn2ccn(C3CC3)c2=O)cc1. The van der Waals surface area contributed by atoms with Gasteiger partial charge in [-0.2, -0.15) is 0 Å². The zero-order valence-corrected chi connectivity index (χ0v) is 11.0. The summed E-state index contributed by atoms with van der Waals surface area (Å²) >= 11 is 0. The maximum absolute atomic E-state index is 12.0. The van der Waals surface area contributed by atoms with Gasteiger partial charge in [-0.3, -0.25) is 13.9 Å². The van der Waals surface area contributed by atoms with Crippen molar-refractivity contribution in [1.82, 2.24) is 9.13 Å². The summed E-state index contributed by atoms with van der Waals surface area (Å²) in [7, 11) is 0. The minimum atomic E-state index is -0.231. The van der Waals surface area contributed by atoms with Crippen LogP contribution in [0.5, 0.6) is 0 Å². The fraction of sp³-hybridized carbons (Fsp3) is 0.286. The van der Waals surface area contributed by atoms with E-state index in [1.54, 1.807) is 41.2 Å². The molecule has 104 valence electrons. The summed E-state index contributed by atoms with van der Waals surface area (Å²) < 4.78 is 3.11. The molecule has 0 unspecified atom stereocenters. The first-order chi connectivity index (χ1) is 9.63. The van der Waals surface area contributed by atoms with Crippen LogP contribution in [0.4, 0.5) is 11.4 Å². The van der Waals surface area contributed by atoms with Gasteiger partial charge in [0.05, 0.1) is 0 Å². The molecule has 1 aliphatic rings. The number of hydrogen-bond acceptors (Lipinski definition) is 3. The Hall–Kier alpha value is -2.50. The Labute approximate surface area is 115 Å². The highest BCUT2D eigenvalue weighted by molar-refractivity contribution is 5.90. The molecule has 1 saturated carbocycles. The summed E-state index contributed by atoms with van der Waals surface area (Å²) in [4.78, 5) is 23.9. The maximum atomic E-state index is 12.0. The number of nitrogens with zero attached hydrogens (tertiary/aromatic N) is 2. The van der Waals surface area contributed by atoms with Crippen LogP contribution in [0.15, 0.2) is 41.5 Å². The molecule has 3 rings (SSSR count). The topological polar surface area (TPSA) is 82.0 Å². The van der Waals surface area contributed by atoms with Gasteiger partial charge in [0, 0.05) is 29.8 Å². The van der Waals surface area contributed by atoms with Gasteiger partial charge in [-0.25, -0.2) is 4.79 Å². The van der Waals surface area contributed by atoms with E-state index in [2.05, 4.69) is 5.32 Å². The number of carbonyl (C=O) groups is 1. The fourth-order valence-corrected chi connectivity index (χ4v) is 2.10. The third-order valence-corrected chi connectivity index (χ3v) is 3.32. The molecule has 6 heteroatoms. The van der Waals surface area contributed by atoms with Crippen LogP contribution >= 0.6 is 0 Å². The molecule has 1 aliphatic carbocycles. The Morgan fingerprint density at radius 1 is 1.25 bits per heavy atom. The van der Waals surface area contributed by atoms with Crippen LogP contribution in [-0.4, -0.2) is 15.0 Å². The molecule has 0 bridgehead atoms. The highest BCUT2D eigenvalue weighted by Crippen LogP contribution is 2.33. The number of imidazole rings is 1. The number of nitrogen functional groups attached to an aromatic ring is 1. The number of nitrogens with one attached hydrogen (secondary N) is 1. The van der Waals surface area contributed by atoms with E-state index in [-0.39, 0.29) is 18.1 Å². The van der Waals surface area contributed by atoms with E-state index in [1.165, 1.54) is 4.57 Å². The standard InChI is InChI=1S/C14H16N4O2/c15-10-1-3-11(4-2-10)16-13(19)9-17-7-8-18(14(17)20)12-5-6-12/h1-4,7-8,12H,5-6,9,15H2,(H,16,19). The van der Waals surface area contributed by atoms with E-state index in [1.807, 2.05) is 0 Å². The maximum Gasteiger partial charge on any atom is 0.328 e. The largest absolute Gasteiger partial charge is 0.399 e. The average Bonchev–Trinajstić information content (AvgIpc) is 3.19. The number of rotatable bonds is 4. The van der Waals surface area contributed by atoms with Crippen molar-refractivity contribution in [3.8, 4) is 0 Å². The Morgan fingerprint density at radius 3 is 2.60 bits per heavy atom. The van der Waals surface area contributed by atoms with E-state index in [4.69, 9.17) is 5.73 Å². The first-order valence-electron chi connectivity index (χ1n) is 6.56. The van der Waals surface area contributed by atoms with Crippen molar-refractivity contribution in [3.63, 3.8) is 0 Å². The third kappa shape index (κ3) is 2.59. The first-order valence-corrected chi connectivity index (χ1v) is 6.56. The monoisotopic (exact) mass is 272 g/mol. The molecule has 1 aromatic carbocycles. The smallest absolute Gasteiger partial charge is 0.328 e. The molecular formula is C14H16N4O2. The summed E-state index contributed by atoms with van der Waals surface area (Å²) in [6.07, 6.45) is 5.49. The molecule has 0 radical (unpaired) electrons. The van der Waals surface area contributed by atoms with Crippen LogP contribution < -0.4 is 16.7 Å². The third-order valence-electron chi connectivity index (χ3n) is 3.32. The van der Waals surface area contributed by atoms with Crippen LogP contribution in [0.2, 0.25) is 0 Å². The van der Waals surface area contributed by atoms with Crippen LogP contribution in [-0.2, 0) is 11.3 Å². The summed E-state index contributed by atoms with van der Waals surface area (Å²) in [6.45, 7) is 0.0168. The molecule has 0 aliphatic heterocycles. The molecule has 1 fully saturated rings. The van der Waals surface area contributed by atoms with E-state index >= 15 is 0 Å². The second kappa shape index (κ2) is 4.88. The fourth-order valence-electron chi connectivity index (χ4n) is 2.10. The number of aromatic nitrogens is 2. The second-order valence-electron chi connectivity index (χ2n) is 5.02. The van der Waals surface area contributed by atoms with Crippen molar-refractivity contribution in [1.29, 1.82) is 0 Å². The van der Waals surface area contributed by atoms with E-state index in [9.17, 15) is 9.59 Å². The van der Waals surface area contributed by atoms with Crippen molar-refractivity contribution in [2.75, 3.05) is 11.1 Å². The highest BCUT2D eigenvalue weighted by atomic mass is 16.2. The number of nitrogens with two attached hydrogens (primary N) is 1. The zero-order valence-electron chi connectivity index (χ0n) is 11.0. The summed E-state index contributed by atoms with van der Waals surface area (Å²) in [5.74, 6) is -0.231. The van der Waals surface area contributed by atoms with E-state index < -0.39 is 0 Å². The van der Waals surface area contributed by atoms with Gasteiger partial charge in [-0.05, 0) is 37.1 Å². The minimum Gasteiger partial charge on any atom is -0.399 e. The molecule has 0 saturated heterocycles. The quantitative estimate of drug-likeness (QED) is 0.821. The van der Waals surface area contributed by atoms with Gasteiger partial charge in [0.25, 0.3) is 0 Å². The van der Waals surface area contributed by atoms with Crippen molar-refractivity contribution in [2.24, 2.45) is 0 Å². The minimum absolute atomic E-state index is 0.0168. The zero-order chi connectivity index (χ0) is 14.1. The molecule has 2 aromatic rings. The predicted molar refractivity (Wildman–Crippen MR) is 76.4 cm³/mol. The molecule has 0 atom stereocenters. The van der Waals surface area contributed by atoms with Gasteiger partial charge in [-0.15, -0.1) is 0 Å². The number of carbonyl (C=O) groups excluding carboxylic acids is 1. The van der Waals surface area contributed by atoms with Gasteiger partial charge in [-0.1, -0.05) is 0 Å². The van der Waals surface area contributed by atoms with Crippen LogP contribution in [0.3, 0.4) is 0 Å². The lowest BCUT2D eigenvalue weighted by Crippen LogP contribution is -2.28. The predicted octanol–water partition coefficient (Wildman–Crippen LogP) is 1.21. The lowest BCUT2D eigenvalue weighted by atomic mass is 10.3. The molecule has 20 heavy (non-hydrogen) atoms. The molecular weight excluding hydrogens is 256 g/mol. The lowest BCUT2D eigenvalue weighted by Gasteiger charge is -2.05. The van der Waals surface area contributed by atoms with Crippen molar-refractivity contribution >= 4 is 17.3 Å². The van der Waals surface area contributed by atoms with E-state index in [0.717, 1.165) is 12.8 Å². The van der Waals surface area contributed by atoms with Gasteiger partial charge < -0.3 is 11.1 Å². The van der Waals surface area contributed by atoms with Gasteiger partial charge >= 0.3 is 5.69 Å². The molecule has 1 aromatic heterocycles. The number of anilines is 2. The Morgan fingerprint density at radius 2 is 1.95 bits per heavy atom. The Kier molecular flexibility index (Phi) is 3.06. The van der Waals surface area contributed by atoms with Crippen LogP contribution in [0.25, 0.3) is 0 Å². The number of hydrogen-bond donors (Lipinski definition) is 2. The highest BCUT2D eigenvalue weighted by Gasteiger charge is 2.25. The Bertz CT molecular complexity index is 680. The number of benzene rings is 1. The normalized spacial score (nSPS) is 14.2. The van der Waals surface area contributed by atoms with Crippen LogP contribution in [0, 0.1) is 0 Å². The summed E-state index contributed by atoms with van der Waals surface area (Å²) in [5.41, 5.74) is 6.76. The van der Waals surface area contributed by atoms with Crippen molar-refractivity contribution < 1.29 is 4.79 Å². The van der Waals surface area contributed by atoms with Crippen molar-refractivity contribution in [3.05, 3.63) is 47.1 Å². The lowest BCUT2D eigenvalue weighted by molar-refractivity contribution is -0.116. The molecule has 1 amide bonds. The van der Waals surface area contributed by atoms with Gasteiger partial charge in [0.15, 0.2) is 0 Å². The molecule has 0 spiro atoms. The van der Waals surface area contributed by atoms with Gasteiger partial charge in [0.1, 0.15) is 6.54 Å². The molecule has 3 N–H and O–H groups in total. The summed E-state index contributed by atoms with van der Waals surface area (Å²) in [5, 5.41) is 2.74. The first kappa shape index (κ1) is 12.5. The summed E-state index contributed by atoms with van der Waals surface area (Å²) in [6, 6.07) is 7.21. The van der Waals surface area contributed by atoms with Crippen LogP contribution in [0.1, 0.15) is 18.9 Å². The molecule has 1 heterocycles. The number of amides is 1. The molecule has 6 nitrogen and oxygen atoms in total.